The lowest BCUT2D eigenvalue weighted by molar-refractivity contribution is 0.0503. The first kappa shape index (κ1) is 29.7. The summed E-state index contributed by atoms with van der Waals surface area (Å²) in [5, 5.41) is 15.5. The van der Waals surface area contributed by atoms with Gasteiger partial charge >= 0.3 is 6.01 Å². The summed E-state index contributed by atoms with van der Waals surface area (Å²) in [6.45, 7) is 8.77. The number of pyridine rings is 1. The van der Waals surface area contributed by atoms with E-state index in [1.54, 1.807) is 24.3 Å². The Balaban J connectivity index is 1.25. The van der Waals surface area contributed by atoms with Crippen molar-refractivity contribution in [2.45, 2.75) is 62.4 Å². The lowest BCUT2D eigenvalue weighted by Crippen LogP contribution is -2.62. The topological polar surface area (TPSA) is 95.9 Å². The largest absolute Gasteiger partial charge is 0.472 e. The van der Waals surface area contributed by atoms with Crippen LogP contribution in [0.1, 0.15) is 38.2 Å². The molecular weight excluding hydrogens is 614 g/mol. The Bertz CT molecular complexity index is 2070. The minimum Gasteiger partial charge on any atom is -0.472 e. The fourth-order valence-electron chi connectivity index (χ4n) is 9.25. The molecule has 6 atom stereocenters. The van der Waals surface area contributed by atoms with Crippen molar-refractivity contribution in [2.24, 2.45) is 5.92 Å². The summed E-state index contributed by atoms with van der Waals surface area (Å²) < 4.78 is 45.2. The summed E-state index contributed by atoms with van der Waals surface area (Å²) >= 11 is 0. The fourth-order valence-corrected chi connectivity index (χ4v) is 9.25. The van der Waals surface area contributed by atoms with Gasteiger partial charge in [0.1, 0.15) is 40.9 Å². The third-order valence-electron chi connectivity index (χ3n) is 11.4. The quantitative estimate of drug-likeness (QED) is 0.238. The molecule has 4 saturated heterocycles. The summed E-state index contributed by atoms with van der Waals surface area (Å²) in [6.07, 6.45) is 9.04. The molecule has 5 aliphatic heterocycles. The maximum absolute atomic E-state index is 17.2. The summed E-state index contributed by atoms with van der Waals surface area (Å²) in [5.41, 5.74) is 1.01. The van der Waals surface area contributed by atoms with Gasteiger partial charge in [-0.25, -0.2) is 13.8 Å². The number of aliphatic hydroxyl groups excluding tert-OH is 1. The van der Waals surface area contributed by atoms with Crippen molar-refractivity contribution < 1.29 is 23.4 Å². The average molecular weight is 651 g/mol. The van der Waals surface area contributed by atoms with Crippen molar-refractivity contribution >= 4 is 27.5 Å². The number of aromatic nitrogens is 3. The van der Waals surface area contributed by atoms with E-state index in [-0.39, 0.29) is 72.0 Å². The van der Waals surface area contributed by atoms with Gasteiger partial charge in [0.05, 0.1) is 17.1 Å². The number of anilines is 1. The number of fused-ring (bicyclic) bond motifs is 7. The van der Waals surface area contributed by atoms with Crippen LogP contribution in [0.25, 0.3) is 32.9 Å². The molecule has 2 aromatic heterocycles. The first-order chi connectivity index (χ1) is 23.3. The van der Waals surface area contributed by atoms with Gasteiger partial charge in [-0.3, -0.25) is 4.90 Å². The molecule has 9 nitrogen and oxygen atoms in total. The summed E-state index contributed by atoms with van der Waals surface area (Å²) in [7, 11) is 0. The van der Waals surface area contributed by atoms with E-state index < -0.39 is 17.2 Å². The van der Waals surface area contributed by atoms with E-state index in [4.69, 9.17) is 30.8 Å². The lowest BCUT2D eigenvalue weighted by atomic mass is 9.83. The van der Waals surface area contributed by atoms with E-state index >= 15 is 8.78 Å². The van der Waals surface area contributed by atoms with Gasteiger partial charge in [0.2, 0.25) is 5.88 Å². The highest BCUT2D eigenvalue weighted by Gasteiger charge is 2.53. The molecule has 48 heavy (non-hydrogen) atoms. The summed E-state index contributed by atoms with van der Waals surface area (Å²) in [6, 6.07) is 8.58. The van der Waals surface area contributed by atoms with E-state index in [9.17, 15) is 5.11 Å². The first-order valence-electron chi connectivity index (χ1n) is 16.7. The predicted octanol–water partition coefficient (Wildman–Crippen LogP) is 4.59. The number of hydrogen-bond acceptors (Lipinski definition) is 9. The number of rotatable bonds is 5. The van der Waals surface area contributed by atoms with Crippen molar-refractivity contribution in [3.8, 4) is 35.5 Å². The molecule has 2 unspecified atom stereocenters. The number of nitrogens with zero attached hydrogens (tertiary/aromatic N) is 5. The van der Waals surface area contributed by atoms with Crippen molar-refractivity contribution in [1.82, 2.24) is 25.2 Å². The lowest BCUT2D eigenvalue weighted by Gasteiger charge is -2.42. The highest BCUT2D eigenvalue weighted by Crippen LogP contribution is 2.47. The minimum atomic E-state index is -0.696. The molecule has 7 heterocycles. The van der Waals surface area contributed by atoms with E-state index in [1.807, 2.05) is 6.92 Å². The molecule has 0 saturated carbocycles. The number of hydrogen-bond donors (Lipinski definition) is 2. The van der Waals surface area contributed by atoms with Crippen LogP contribution in [0.15, 0.2) is 42.5 Å². The fraction of sp³-hybridized carbons (Fsp3) is 0.432. The Kier molecular flexibility index (Phi) is 6.71. The van der Waals surface area contributed by atoms with Crippen LogP contribution in [-0.4, -0.2) is 87.6 Å². The zero-order chi connectivity index (χ0) is 32.9. The Morgan fingerprint density at radius 1 is 1.17 bits per heavy atom. The van der Waals surface area contributed by atoms with Crippen molar-refractivity contribution in [1.29, 1.82) is 0 Å². The maximum atomic E-state index is 17.2. The van der Waals surface area contributed by atoms with Gasteiger partial charge in [-0.1, -0.05) is 42.3 Å². The number of terminal acetylenes is 1. The SMILES string of the molecule is C#Cc1c(F)ccc2cccc(-c3nc4c5c(nc(OCC67CC(=C)CN6CCC7CO)nc5c3F)N3C[C@H]5CC[C@H](N5)[C@H]3[C@H](C)O4)c12. The molecule has 5 aliphatic rings. The Morgan fingerprint density at radius 2 is 2.04 bits per heavy atom. The molecule has 9 rings (SSSR count). The van der Waals surface area contributed by atoms with Gasteiger partial charge in [-0.2, -0.15) is 9.97 Å². The molecule has 11 heteroatoms. The molecule has 2 aromatic carbocycles. The molecule has 4 aromatic rings. The highest BCUT2D eigenvalue weighted by molar-refractivity contribution is 6.03. The van der Waals surface area contributed by atoms with Crippen LogP contribution in [0, 0.1) is 29.9 Å². The van der Waals surface area contributed by atoms with Gasteiger partial charge in [-0.15, -0.1) is 6.42 Å². The zero-order valence-electron chi connectivity index (χ0n) is 26.7. The van der Waals surface area contributed by atoms with Crippen LogP contribution in [-0.2, 0) is 0 Å². The second kappa shape index (κ2) is 10.8. The van der Waals surface area contributed by atoms with Crippen molar-refractivity contribution in [2.75, 3.05) is 37.7 Å². The molecule has 4 fully saturated rings. The normalized spacial score (nSPS) is 29.1. The highest BCUT2D eigenvalue weighted by atomic mass is 19.1. The van der Waals surface area contributed by atoms with Crippen LogP contribution in [0.4, 0.5) is 14.6 Å². The molecule has 0 spiro atoms. The van der Waals surface area contributed by atoms with E-state index in [1.165, 1.54) is 6.07 Å². The molecule has 0 aliphatic carbocycles. The third kappa shape index (κ3) is 4.22. The molecule has 246 valence electrons. The Morgan fingerprint density at radius 3 is 2.88 bits per heavy atom. The smallest absolute Gasteiger partial charge is 0.319 e. The van der Waals surface area contributed by atoms with Crippen LogP contribution < -0.4 is 19.7 Å². The Labute approximate surface area is 277 Å². The number of nitrogens with one attached hydrogen (secondary N) is 1. The molecular formula is C37H36F2N6O3. The van der Waals surface area contributed by atoms with Gasteiger partial charge in [0.25, 0.3) is 0 Å². The standard InChI is InChI=1S/C37H36F2N6O3/c1-4-24-26(38)10-8-21-6-5-7-25(28(21)24)31-30(39)32-29-34(45-16-23-9-11-27(40-23)33(45)20(3)48-35(29)41-31)43-36(42-32)47-18-37-14-19(2)15-44(37)13-12-22(37)17-46/h1,5-8,10,20,22-23,27,33,40,46H,2,9,11-18H2,3H3/t20-,22?,23+,27-,33+,37?/m0/s1. The molecule has 2 N–H and O–H groups in total. The predicted molar refractivity (Wildman–Crippen MR) is 178 cm³/mol. The number of ether oxygens (including phenoxy) is 2. The maximum Gasteiger partial charge on any atom is 0.319 e. The third-order valence-corrected chi connectivity index (χ3v) is 11.4. The second-order valence-corrected chi connectivity index (χ2v) is 14.0. The number of piperazine rings is 1. The van der Waals surface area contributed by atoms with E-state index in [0.29, 0.717) is 40.5 Å². The van der Waals surface area contributed by atoms with Crippen LogP contribution >= 0.6 is 0 Å². The number of aliphatic hydroxyl groups is 1. The van der Waals surface area contributed by atoms with Gasteiger partial charge in [0, 0.05) is 48.6 Å². The van der Waals surface area contributed by atoms with Crippen LogP contribution in [0.3, 0.4) is 0 Å². The van der Waals surface area contributed by atoms with E-state index in [0.717, 1.165) is 37.9 Å². The van der Waals surface area contributed by atoms with Crippen molar-refractivity contribution in [3.63, 3.8) is 0 Å². The number of benzene rings is 2. The van der Waals surface area contributed by atoms with Crippen molar-refractivity contribution in [3.05, 3.63) is 59.7 Å². The molecule has 2 bridgehead atoms. The first-order valence-corrected chi connectivity index (χ1v) is 16.7. The van der Waals surface area contributed by atoms with Gasteiger partial charge in [-0.05, 0) is 50.6 Å². The molecule has 0 amide bonds. The molecule has 0 radical (unpaired) electrons. The zero-order valence-corrected chi connectivity index (χ0v) is 26.7. The van der Waals surface area contributed by atoms with E-state index in [2.05, 4.69) is 27.6 Å². The summed E-state index contributed by atoms with van der Waals surface area (Å²) in [4.78, 5) is 19.0. The average Bonchev–Trinajstić information content (AvgIpc) is 3.71. The monoisotopic (exact) mass is 650 g/mol. The van der Waals surface area contributed by atoms with Gasteiger partial charge < -0.3 is 24.8 Å². The minimum absolute atomic E-state index is 0.0115. The Hall–Kier alpha value is -4.37. The van der Waals surface area contributed by atoms with Crippen LogP contribution in [0.5, 0.6) is 11.9 Å². The summed E-state index contributed by atoms with van der Waals surface area (Å²) in [5.74, 6) is 1.94. The number of halogens is 2. The van der Waals surface area contributed by atoms with Crippen LogP contribution in [0.2, 0.25) is 0 Å². The van der Waals surface area contributed by atoms with Gasteiger partial charge in [0.15, 0.2) is 5.82 Å². The second-order valence-electron chi connectivity index (χ2n) is 14.0.